The van der Waals surface area contributed by atoms with Crippen LogP contribution < -0.4 is 5.73 Å². The average molecular weight is 223 g/mol. The summed E-state index contributed by atoms with van der Waals surface area (Å²) < 4.78 is 12.7. The van der Waals surface area contributed by atoms with Crippen LogP contribution in [0.1, 0.15) is 0 Å². The van der Waals surface area contributed by atoms with Gasteiger partial charge in [0, 0.05) is 11.8 Å². The van der Waals surface area contributed by atoms with Crippen molar-refractivity contribution in [2.24, 2.45) is 0 Å². The number of anilines is 1. The zero-order valence-corrected chi connectivity index (χ0v) is 8.50. The molecule has 2 aromatic rings. The molecule has 0 aliphatic heterocycles. The third kappa shape index (κ3) is 2.07. The minimum atomic E-state index is -0.286. The molecular formula is C11H8ClFN2. The molecule has 0 amide bonds. The second-order valence-electron chi connectivity index (χ2n) is 3.10. The Morgan fingerprint density at radius 1 is 1.20 bits per heavy atom. The lowest BCUT2D eigenvalue weighted by molar-refractivity contribution is 0.628. The second kappa shape index (κ2) is 3.87. The highest BCUT2D eigenvalue weighted by molar-refractivity contribution is 6.30. The quantitative estimate of drug-likeness (QED) is 0.805. The standard InChI is InChI=1S/C11H8ClFN2/c12-8-5-10(14)11(15-6-8)7-1-3-9(13)4-2-7/h1-6H,14H2. The molecule has 15 heavy (non-hydrogen) atoms. The van der Waals surface area contributed by atoms with Gasteiger partial charge >= 0.3 is 0 Å². The predicted molar refractivity (Wildman–Crippen MR) is 59.1 cm³/mol. The van der Waals surface area contributed by atoms with Gasteiger partial charge in [-0.1, -0.05) is 11.6 Å². The van der Waals surface area contributed by atoms with Crippen LogP contribution in [-0.4, -0.2) is 4.98 Å². The Morgan fingerprint density at radius 2 is 1.87 bits per heavy atom. The van der Waals surface area contributed by atoms with Gasteiger partial charge in [-0.15, -0.1) is 0 Å². The van der Waals surface area contributed by atoms with E-state index in [0.717, 1.165) is 5.56 Å². The Kier molecular flexibility index (Phi) is 2.56. The summed E-state index contributed by atoms with van der Waals surface area (Å²) in [5.74, 6) is -0.286. The van der Waals surface area contributed by atoms with E-state index in [0.29, 0.717) is 16.4 Å². The van der Waals surface area contributed by atoms with Crippen molar-refractivity contribution in [1.82, 2.24) is 4.98 Å². The molecule has 76 valence electrons. The molecule has 0 atom stereocenters. The minimum Gasteiger partial charge on any atom is -0.397 e. The number of nitrogens with zero attached hydrogens (tertiary/aromatic N) is 1. The number of aromatic nitrogens is 1. The Labute approximate surface area is 91.5 Å². The van der Waals surface area contributed by atoms with E-state index >= 15 is 0 Å². The number of hydrogen-bond donors (Lipinski definition) is 1. The molecule has 1 heterocycles. The van der Waals surface area contributed by atoms with Gasteiger partial charge in [-0.2, -0.15) is 0 Å². The van der Waals surface area contributed by atoms with E-state index in [4.69, 9.17) is 17.3 Å². The summed E-state index contributed by atoms with van der Waals surface area (Å²) in [5.41, 5.74) is 7.61. The van der Waals surface area contributed by atoms with Crippen LogP contribution in [0.4, 0.5) is 10.1 Å². The molecule has 0 spiro atoms. The second-order valence-corrected chi connectivity index (χ2v) is 3.53. The molecule has 0 saturated heterocycles. The summed E-state index contributed by atoms with van der Waals surface area (Å²) >= 11 is 5.73. The number of hydrogen-bond acceptors (Lipinski definition) is 2. The topological polar surface area (TPSA) is 38.9 Å². The van der Waals surface area contributed by atoms with Crippen molar-refractivity contribution in [3.8, 4) is 11.3 Å². The zero-order valence-electron chi connectivity index (χ0n) is 7.74. The predicted octanol–water partition coefficient (Wildman–Crippen LogP) is 3.12. The van der Waals surface area contributed by atoms with E-state index in [2.05, 4.69) is 4.98 Å². The summed E-state index contributed by atoms with van der Waals surface area (Å²) in [6, 6.07) is 7.60. The van der Waals surface area contributed by atoms with Crippen LogP contribution in [0, 0.1) is 5.82 Å². The molecule has 0 aliphatic rings. The van der Waals surface area contributed by atoms with Gasteiger partial charge in [0.05, 0.1) is 16.4 Å². The number of nitrogen functional groups attached to an aromatic ring is 1. The molecule has 0 radical (unpaired) electrons. The maximum absolute atomic E-state index is 12.7. The van der Waals surface area contributed by atoms with Crippen LogP contribution in [0.25, 0.3) is 11.3 Å². The van der Waals surface area contributed by atoms with Gasteiger partial charge in [-0.3, -0.25) is 4.98 Å². The van der Waals surface area contributed by atoms with E-state index in [1.54, 1.807) is 18.2 Å². The monoisotopic (exact) mass is 222 g/mol. The third-order valence-corrected chi connectivity index (χ3v) is 2.21. The number of halogens is 2. The van der Waals surface area contributed by atoms with Crippen molar-refractivity contribution >= 4 is 17.3 Å². The van der Waals surface area contributed by atoms with Crippen molar-refractivity contribution in [3.05, 3.63) is 47.4 Å². The fourth-order valence-corrected chi connectivity index (χ4v) is 1.47. The van der Waals surface area contributed by atoms with Crippen molar-refractivity contribution in [3.63, 3.8) is 0 Å². The maximum atomic E-state index is 12.7. The van der Waals surface area contributed by atoms with E-state index in [9.17, 15) is 4.39 Å². The van der Waals surface area contributed by atoms with Gasteiger partial charge in [0.25, 0.3) is 0 Å². The van der Waals surface area contributed by atoms with Crippen LogP contribution in [-0.2, 0) is 0 Å². The fourth-order valence-electron chi connectivity index (χ4n) is 1.30. The Bertz CT molecular complexity index is 482. The Morgan fingerprint density at radius 3 is 2.47 bits per heavy atom. The smallest absolute Gasteiger partial charge is 0.123 e. The van der Waals surface area contributed by atoms with Gasteiger partial charge < -0.3 is 5.73 Å². The maximum Gasteiger partial charge on any atom is 0.123 e. The van der Waals surface area contributed by atoms with Crippen LogP contribution in [0.5, 0.6) is 0 Å². The molecule has 2 rings (SSSR count). The molecule has 2 nitrogen and oxygen atoms in total. The first-order chi connectivity index (χ1) is 7.16. The first kappa shape index (κ1) is 9.93. The van der Waals surface area contributed by atoms with Crippen LogP contribution in [0.3, 0.4) is 0 Å². The SMILES string of the molecule is Nc1cc(Cl)cnc1-c1ccc(F)cc1. The first-order valence-corrected chi connectivity index (χ1v) is 4.71. The van der Waals surface area contributed by atoms with Crippen LogP contribution in [0.15, 0.2) is 36.5 Å². The number of benzene rings is 1. The van der Waals surface area contributed by atoms with Gasteiger partial charge in [-0.25, -0.2) is 4.39 Å². The molecule has 0 aliphatic carbocycles. The van der Waals surface area contributed by atoms with Gasteiger partial charge in [0.1, 0.15) is 5.82 Å². The summed E-state index contributed by atoms with van der Waals surface area (Å²) in [6.07, 6.45) is 1.51. The van der Waals surface area contributed by atoms with Crippen molar-refractivity contribution < 1.29 is 4.39 Å². The lowest BCUT2D eigenvalue weighted by Crippen LogP contribution is -1.93. The van der Waals surface area contributed by atoms with Crippen molar-refractivity contribution in [2.75, 3.05) is 5.73 Å². The Balaban J connectivity index is 2.49. The van der Waals surface area contributed by atoms with Crippen LogP contribution >= 0.6 is 11.6 Å². The molecule has 0 unspecified atom stereocenters. The molecule has 0 saturated carbocycles. The first-order valence-electron chi connectivity index (χ1n) is 4.34. The normalized spacial score (nSPS) is 10.3. The van der Waals surface area contributed by atoms with Gasteiger partial charge in [-0.05, 0) is 30.3 Å². The zero-order chi connectivity index (χ0) is 10.8. The fraction of sp³-hybridized carbons (Fsp3) is 0. The molecule has 4 heteroatoms. The third-order valence-electron chi connectivity index (χ3n) is 2.00. The summed E-state index contributed by atoms with van der Waals surface area (Å²) in [4.78, 5) is 4.10. The highest BCUT2D eigenvalue weighted by Crippen LogP contribution is 2.25. The Hall–Kier alpha value is -1.61. The summed E-state index contributed by atoms with van der Waals surface area (Å²) in [7, 11) is 0. The van der Waals surface area contributed by atoms with E-state index in [-0.39, 0.29) is 5.82 Å². The van der Waals surface area contributed by atoms with Gasteiger partial charge in [0.15, 0.2) is 0 Å². The highest BCUT2D eigenvalue weighted by Gasteiger charge is 2.04. The largest absolute Gasteiger partial charge is 0.397 e. The number of pyridine rings is 1. The van der Waals surface area contributed by atoms with Crippen LogP contribution in [0.2, 0.25) is 5.02 Å². The average Bonchev–Trinajstić information content (AvgIpc) is 2.20. The van der Waals surface area contributed by atoms with E-state index in [1.165, 1.54) is 18.3 Å². The lowest BCUT2D eigenvalue weighted by atomic mass is 10.1. The molecule has 0 fully saturated rings. The molecule has 1 aromatic heterocycles. The lowest BCUT2D eigenvalue weighted by Gasteiger charge is -2.04. The number of rotatable bonds is 1. The summed E-state index contributed by atoms with van der Waals surface area (Å²) in [6.45, 7) is 0. The van der Waals surface area contributed by atoms with E-state index < -0.39 is 0 Å². The van der Waals surface area contributed by atoms with Crippen molar-refractivity contribution in [1.29, 1.82) is 0 Å². The minimum absolute atomic E-state index is 0.286. The van der Waals surface area contributed by atoms with Crippen molar-refractivity contribution in [2.45, 2.75) is 0 Å². The molecule has 2 N–H and O–H groups in total. The highest BCUT2D eigenvalue weighted by atomic mass is 35.5. The van der Waals surface area contributed by atoms with Gasteiger partial charge in [0.2, 0.25) is 0 Å². The summed E-state index contributed by atoms with van der Waals surface area (Å²) in [5, 5.41) is 0.485. The molecule has 0 bridgehead atoms. The van der Waals surface area contributed by atoms with E-state index in [1.807, 2.05) is 0 Å². The number of nitrogens with two attached hydrogens (primary N) is 1. The molecule has 1 aromatic carbocycles. The molecular weight excluding hydrogens is 215 g/mol.